The van der Waals surface area contributed by atoms with Crippen LogP contribution in [0.5, 0.6) is 0 Å². The molecule has 0 spiro atoms. The van der Waals surface area contributed by atoms with Crippen LogP contribution in [0.3, 0.4) is 0 Å². The summed E-state index contributed by atoms with van der Waals surface area (Å²) in [4.78, 5) is 10.5. The molecule has 2 unspecified atom stereocenters. The van der Waals surface area contributed by atoms with E-state index in [2.05, 4.69) is 0 Å². The molecule has 0 saturated heterocycles. The normalized spacial score (nSPS) is 14.0. The fourth-order valence-electron chi connectivity index (χ4n) is 3.15. The van der Waals surface area contributed by atoms with Crippen molar-refractivity contribution in [2.75, 3.05) is 0 Å². The molecule has 30 heavy (non-hydrogen) atoms. The van der Waals surface area contributed by atoms with Crippen LogP contribution in [-0.2, 0) is 19.7 Å². The van der Waals surface area contributed by atoms with Gasteiger partial charge in [0.25, 0.3) is 0 Å². The molecule has 0 saturated carbocycles. The first-order valence-corrected chi connectivity index (χ1v) is 12.0. The Bertz CT molecular complexity index is 1240. The van der Waals surface area contributed by atoms with Crippen molar-refractivity contribution in [2.45, 2.75) is 27.3 Å². The van der Waals surface area contributed by atoms with Gasteiger partial charge in [0.05, 0.1) is 9.79 Å². The summed E-state index contributed by atoms with van der Waals surface area (Å²) in [5.41, 5.74) is 0.837. The van der Waals surface area contributed by atoms with Gasteiger partial charge in [0, 0.05) is 4.92 Å². The van der Waals surface area contributed by atoms with Gasteiger partial charge < -0.3 is 0 Å². The monoisotopic (exact) mass is 445 g/mol. The number of hydrogen-bond acceptors (Lipinski definition) is 6. The zero-order chi connectivity index (χ0) is 21.9. The van der Waals surface area contributed by atoms with E-state index in [0.717, 1.165) is 5.56 Å². The van der Waals surface area contributed by atoms with Crippen molar-refractivity contribution in [1.29, 1.82) is 0 Å². The van der Waals surface area contributed by atoms with Gasteiger partial charge in [-0.1, -0.05) is 66.2 Å². The van der Waals surface area contributed by atoms with Crippen molar-refractivity contribution in [3.63, 3.8) is 0 Å². The number of benzene rings is 3. The minimum absolute atomic E-state index is 0.0330. The van der Waals surface area contributed by atoms with E-state index in [0.29, 0.717) is 0 Å². The second-order valence-electron chi connectivity index (χ2n) is 6.72. The molecule has 156 valence electrons. The van der Waals surface area contributed by atoms with Crippen LogP contribution in [0.25, 0.3) is 0 Å². The summed E-state index contributed by atoms with van der Waals surface area (Å²) in [6.45, 7) is 1.77. The minimum atomic E-state index is -4.63. The predicted molar refractivity (Wildman–Crippen MR) is 112 cm³/mol. The van der Waals surface area contributed by atoms with Gasteiger partial charge in [-0.05, 0) is 36.8 Å². The molecule has 0 bridgehead atoms. The fraction of sp³-hybridized carbons (Fsp3) is 0.143. The lowest BCUT2D eigenvalue weighted by Crippen LogP contribution is -2.39. The Balaban J connectivity index is 2.29. The maximum atomic E-state index is 13.5. The standard InChI is InChI=1S/C21H19NO6S2/c1-16-12-14-17(15-13-16)20(29(25,26)18-8-4-2-5-9-18)21(22(23)24)30(27,28)19-10-6-3-7-11-19/h2-15,20-21H,1H3. The highest BCUT2D eigenvalue weighted by Crippen LogP contribution is 2.37. The Morgan fingerprint density at radius 2 is 1.13 bits per heavy atom. The molecule has 0 amide bonds. The number of rotatable bonds is 7. The van der Waals surface area contributed by atoms with Gasteiger partial charge in [-0.15, -0.1) is 0 Å². The summed E-state index contributed by atoms with van der Waals surface area (Å²) in [6.07, 6.45) is 0. The molecule has 3 rings (SSSR count). The lowest BCUT2D eigenvalue weighted by Gasteiger charge is -2.22. The van der Waals surface area contributed by atoms with Crippen molar-refractivity contribution in [1.82, 2.24) is 0 Å². The lowest BCUT2D eigenvalue weighted by molar-refractivity contribution is -0.497. The van der Waals surface area contributed by atoms with Crippen LogP contribution < -0.4 is 0 Å². The molecule has 7 nitrogen and oxygen atoms in total. The van der Waals surface area contributed by atoms with Crippen molar-refractivity contribution in [3.05, 3.63) is 106 Å². The number of sulfone groups is 2. The second-order valence-corrected chi connectivity index (χ2v) is 10.8. The van der Waals surface area contributed by atoms with Crippen molar-refractivity contribution < 1.29 is 21.8 Å². The highest BCUT2D eigenvalue weighted by molar-refractivity contribution is 7.95. The van der Waals surface area contributed by atoms with E-state index in [9.17, 15) is 26.9 Å². The SMILES string of the molecule is Cc1ccc(C(C([N+](=O)[O-])S(=O)(=O)c2ccccc2)S(=O)(=O)c2ccccc2)cc1. The first kappa shape index (κ1) is 21.7. The highest BCUT2D eigenvalue weighted by Gasteiger charge is 2.52. The maximum absolute atomic E-state index is 13.5. The van der Waals surface area contributed by atoms with Gasteiger partial charge in [-0.3, -0.25) is 10.1 Å². The van der Waals surface area contributed by atoms with E-state index in [4.69, 9.17) is 0 Å². The first-order chi connectivity index (χ1) is 14.2. The summed E-state index contributed by atoms with van der Waals surface area (Å²) >= 11 is 0. The number of nitrogens with zero attached hydrogens (tertiary/aromatic N) is 1. The van der Waals surface area contributed by atoms with Gasteiger partial charge in [0.15, 0.2) is 15.1 Å². The molecule has 0 aliphatic carbocycles. The van der Waals surface area contributed by atoms with E-state index in [1.54, 1.807) is 31.2 Å². The number of aryl methyl sites for hydroxylation is 1. The van der Waals surface area contributed by atoms with Crippen LogP contribution in [0.15, 0.2) is 94.7 Å². The molecule has 3 aromatic rings. The van der Waals surface area contributed by atoms with Crippen LogP contribution in [0.1, 0.15) is 16.4 Å². The summed E-state index contributed by atoms with van der Waals surface area (Å²) in [6, 6.07) is 20.0. The first-order valence-electron chi connectivity index (χ1n) is 8.93. The molecular formula is C21H19NO6S2. The van der Waals surface area contributed by atoms with Crippen LogP contribution in [0.2, 0.25) is 0 Å². The Morgan fingerprint density at radius 1 is 0.700 bits per heavy atom. The summed E-state index contributed by atoms with van der Waals surface area (Å²) in [7, 11) is -9.05. The second kappa shape index (κ2) is 8.37. The third-order valence-corrected chi connectivity index (χ3v) is 8.98. The van der Waals surface area contributed by atoms with Crippen LogP contribution >= 0.6 is 0 Å². The van der Waals surface area contributed by atoms with Crippen LogP contribution in [-0.4, -0.2) is 27.1 Å². The smallest absolute Gasteiger partial charge is 0.263 e. The molecule has 0 aliphatic heterocycles. The largest absolute Gasteiger partial charge is 0.335 e. The average molecular weight is 446 g/mol. The Labute approximate surface area is 175 Å². The van der Waals surface area contributed by atoms with Gasteiger partial charge in [-0.2, -0.15) is 0 Å². The predicted octanol–water partition coefficient (Wildman–Crippen LogP) is 3.59. The molecule has 0 heterocycles. The van der Waals surface area contributed by atoms with Crippen LogP contribution in [0, 0.1) is 17.0 Å². The summed E-state index contributed by atoms with van der Waals surface area (Å²) in [5, 5.41) is 7.69. The van der Waals surface area contributed by atoms with Gasteiger partial charge in [0.1, 0.15) is 0 Å². The van der Waals surface area contributed by atoms with Crippen molar-refractivity contribution >= 4 is 19.7 Å². The van der Waals surface area contributed by atoms with Crippen LogP contribution in [0.4, 0.5) is 0 Å². The third-order valence-electron chi connectivity index (χ3n) is 4.67. The lowest BCUT2D eigenvalue weighted by atomic mass is 10.1. The average Bonchev–Trinajstić information content (AvgIpc) is 2.73. The molecule has 0 N–H and O–H groups in total. The molecule has 2 atom stereocenters. The highest BCUT2D eigenvalue weighted by atomic mass is 32.2. The van der Waals surface area contributed by atoms with E-state index < -0.39 is 35.2 Å². The topological polar surface area (TPSA) is 111 Å². The van der Waals surface area contributed by atoms with Crippen molar-refractivity contribution in [3.8, 4) is 0 Å². The van der Waals surface area contributed by atoms with Gasteiger partial charge >= 0.3 is 5.37 Å². The quantitative estimate of drug-likeness (QED) is 0.406. The van der Waals surface area contributed by atoms with E-state index in [-0.39, 0.29) is 15.4 Å². The summed E-state index contributed by atoms with van der Waals surface area (Å²) < 4.78 is 53.4. The Kier molecular flexibility index (Phi) is 6.04. The van der Waals surface area contributed by atoms with E-state index in [1.165, 1.54) is 60.7 Å². The Morgan fingerprint density at radius 3 is 1.57 bits per heavy atom. The molecule has 0 radical (unpaired) electrons. The molecular weight excluding hydrogens is 426 g/mol. The minimum Gasteiger partial charge on any atom is -0.263 e. The molecule has 0 aliphatic rings. The zero-order valence-corrected chi connectivity index (χ0v) is 17.6. The van der Waals surface area contributed by atoms with E-state index in [1.807, 2.05) is 0 Å². The number of hydrogen-bond donors (Lipinski definition) is 0. The zero-order valence-electron chi connectivity index (χ0n) is 16.0. The van der Waals surface area contributed by atoms with Gasteiger partial charge in [0.2, 0.25) is 9.84 Å². The molecule has 3 aromatic carbocycles. The maximum Gasteiger partial charge on any atom is 0.335 e. The molecule has 0 fully saturated rings. The molecule has 9 heteroatoms. The molecule has 0 aromatic heterocycles. The van der Waals surface area contributed by atoms with Crippen molar-refractivity contribution in [2.24, 2.45) is 0 Å². The Hall–Kier alpha value is -3.04. The third kappa shape index (κ3) is 4.12. The van der Waals surface area contributed by atoms with Gasteiger partial charge in [-0.25, -0.2) is 16.8 Å². The van der Waals surface area contributed by atoms with E-state index >= 15 is 0 Å². The fourth-order valence-corrected chi connectivity index (χ4v) is 7.30. The summed E-state index contributed by atoms with van der Waals surface area (Å²) in [5.74, 6) is 0. The number of nitro groups is 1.